The van der Waals surface area contributed by atoms with E-state index in [4.69, 9.17) is 4.42 Å². The van der Waals surface area contributed by atoms with Gasteiger partial charge in [0, 0.05) is 22.7 Å². The Balaban J connectivity index is 1.71. The summed E-state index contributed by atoms with van der Waals surface area (Å²) < 4.78 is 59.7. The Morgan fingerprint density at radius 3 is 2.57 bits per heavy atom. The van der Waals surface area contributed by atoms with Crippen LogP contribution >= 0.6 is 22.6 Å². The van der Waals surface area contributed by atoms with Crippen LogP contribution in [0.3, 0.4) is 0 Å². The number of sulfonamides is 1. The van der Waals surface area contributed by atoms with E-state index in [1.165, 1.54) is 0 Å². The summed E-state index contributed by atoms with van der Waals surface area (Å²) in [7, 11) is -3.64. The molecule has 3 rings (SSSR count). The third kappa shape index (κ3) is 9.32. The van der Waals surface area contributed by atoms with Crippen LogP contribution in [0.15, 0.2) is 53.1 Å². The highest BCUT2D eigenvalue weighted by Crippen LogP contribution is 2.14. The number of halogens is 3. The van der Waals surface area contributed by atoms with Gasteiger partial charge in [0.15, 0.2) is 5.82 Å². The molecule has 37 heavy (non-hydrogen) atoms. The van der Waals surface area contributed by atoms with Gasteiger partial charge in [0.1, 0.15) is 17.9 Å². The highest BCUT2D eigenvalue weighted by Gasteiger charge is 2.25. The van der Waals surface area contributed by atoms with E-state index in [1.54, 1.807) is 6.92 Å². The van der Waals surface area contributed by atoms with Crippen LogP contribution in [-0.2, 0) is 23.0 Å². The molecule has 1 heterocycles. The summed E-state index contributed by atoms with van der Waals surface area (Å²) in [6, 6.07) is 9.72. The fourth-order valence-corrected chi connectivity index (χ4v) is 5.21. The Hall–Kier alpha value is -2.62. The second-order valence-electron chi connectivity index (χ2n) is 8.35. The van der Waals surface area contributed by atoms with Gasteiger partial charge in [-0.15, -0.1) is 0 Å². The van der Waals surface area contributed by atoms with Crippen LogP contribution in [0.1, 0.15) is 35.2 Å². The number of anilines is 1. The number of hydrogen-bond acceptors (Lipinski definition) is 7. The van der Waals surface area contributed by atoms with Gasteiger partial charge in [-0.05, 0) is 70.8 Å². The number of aliphatic hydroxyl groups is 1. The molecule has 0 radical (unpaired) electrons. The number of carbonyl (C=O) groups excluding carboxylic acids is 1. The quantitative estimate of drug-likeness (QED) is 0.209. The Bertz CT molecular complexity index is 1300. The molecule has 4 N–H and O–H groups in total. The summed E-state index contributed by atoms with van der Waals surface area (Å²) in [5.74, 6) is -3.15. The zero-order valence-electron chi connectivity index (χ0n) is 19.9. The normalized spacial score (nSPS) is 13.2. The van der Waals surface area contributed by atoms with Gasteiger partial charge in [-0.1, -0.05) is 19.1 Å². The number of nitrogens with zero attached hydrogens (tertiary/aromatic N) is 1. The standard InChI is InChI=1S/C24H27F2IN4O5S/c1-2-6-37(34,35)31-22-14-36-24(30-22)23(33)29-20(10-16-7-17(25)11-18(26)8-16)21(32)13-28-12-15-4-3-5-19(27)9-15/h3-5,7-9,11,14,20-21,28,31-32H,2,6,10,12-13H2,1H3,(H,29,33)/t20-,21-/m0/s1. The molecule has 0 unspecified atom stereocenters. The van der Waals surface area contributed by atoms with E-state index in [1.807, 2.05) is 24.3 Å². The summed E-state index contributed by atoms with van der Waals surface area (Å²) in [5.41, 5.74) is 1.21. The number of aliphatic hydroxyl groups excluding tert-OH is 1. The fraction of sp³-hybridized carbons (Fsp3) is 0.333. The summed E-state index contributed by atoms with van der Waals surface area (Å²) in [6.45, 7) is 2.21. The molecule has 0 bridgehead atoms. The van der Waals surface area contributed by atoms with Gasteiger partial charge < -0.3 is 20.2 Å². The number of carbonyl (C=O) groups is 1. The van der Waals surface area contributed by atoms with Crippen molar-refractivity contribution >= 4 is 44.3 Å². The van der Waals surface area contributed by atoms with Gasteiger partial charge in [0.05, 0.1) is 17.9 Å². The highest BCUT2D eigenvalue weighted by atomic mass is 127. The predicted octanol–water partition coefficient (Wildman–Crippen LogP) is 3.20. The largest absolute Gasteiger partial charge is 0.439 e. The van der Waals surface area contributed by atoms with E-state index < -0.39 is 45.6 Å². The molecule has 0 saturated carbocycles. The van der Waals surface area contributed by atoms with Crippen molar-refractivity contribution in [3.05, 3.63) is 80.9 Å². The molecule has 3 aromatic rings. The number of oxazole rings is 1. The van der Waals surface area contributed by atoms with Crippen LogP contribution < -0.4 is 15.4 Å². The molecule has 0 aliphatic rings. The fourth-order valence-electron chi connectivity index (χ4n) is 3.55. The van der Waals surface area contributed by atoms with E-state index in [2.05, 4.69) is 42.9 Å². The average molecular weight is 648 g/mol. The second-order valence-corrected chi connectivity index (χ2v) is 11.4. The Labute approximate surface area is 227 Å². The molecule has 9 nitrogen and oxygen atoms in total. The first-order valence-corrected chi connectivity index (χ1v) is 14.1. The molecule has 1 amide bonds. The minimum atomic E-state index is -3.64. The van der Waals surface area contributed by atoms with Gasteiger partial charge in [-0.3, -0.25) is 9.52 Å². The summed E-state index contributed by atoms with van der Waals surface area (Å²) in [4.78, 5) is 16.6. The SMILES string of the molecule is CCCS(=O)(=O)Nc1coc(C(=O)N[C@@H](Cc2cc(F)cc(F)c2)[C@@H](O)CNCc2cccc(I)c2)n1. The van der Waals surface area contributed by atoms with Crippen LogP contribution in [0, 0.1) is 15.2 Å². The van der Waals surface area contributed by atoms with E-state index in [0.717, 1.165) is 33.6 Å². The van der Waals surface area contributed by atoms with Crippen molar-refractivity contribution < 1.29 is 31.5 Å². The predicted molar refractivity (Wildman–Crippen MR) is 142 cm³/mol. The van der Waals surface area contributed by atoms with Crippen molar-refractivity contribution in [2.45, 2.75) is 38.5 Å². The Morgan fingerprint density at radius 2 is 1.89 bits per heavy atom. The molecule has 0 aliphatic heterocycles. The first-order chi connectivity index (χ1) is 17.5. The molecule has 1 aromatic heterocycles. The first-order valence-electron chi connectivity index (χ1n) is 11.4. The lowest BCUT2D eigenvalue weighted by molar-refractivity contribution is 0.0798. The number of rotatable bonds is 13. The van der Waals surface area contributed by atoms with Crippen LogP contribution in [0.2, 0.25) is 0 Å². The third-order valence-electron chi connectivity index (χ3n) is 5.16. The zero-order valence-corrected chi connectivity index (χ0v) is 22.9. The van der Waals surface area contributed by atoms with Crippen molar-refractivity contribution in [3.8, 4) is 0 Å². The minimum absolute atomic E-state index is 0.0574. The third-order valence-corrected chi connectivity index (χ3v) is 7.30. The number of benzene rings is 2. The smallest absolute Gasteiger partial charge is 0.307 e. The maximum Gasteiger partial charge on any atom is 0.307 e. The van der Waals surface area contributed by atoms with E-state index >= 15 is 0 Å². The topological polar surface area (TPSA) is 134 Å². The molecule has 0 spiro atoms. The van der Waals surface area contributed by atoms with Crippen LogP contribution in [-0.4, -0.2) is 48.9 Å². The molecular formula is C24H27F2IN4O5S. The summed E-state index contributed by atoms with van der Waals surface area (Å²) >= 11 is 2.19. The lowest BCUT2D eigenvalue weighted by Crippen LogP contribution is -2.48. The van der Waals surface area contributed by atoms with Crippen LogP contribution in [0.25, 0.3) is 0 Å². The number of hydrogen-bond donors (Lipinski definition) is 4. The summed E-state index contributed by atoms with van der Waals surface area (Å²) in [6.07, 6.45) is 0.121. The second kappa shape index (κ2) is 13.3. The van der Waals surface area contributed by atoms with E-state index in [0.29, 0.717) is 13.0 Å². The van der Waals surface area contributed by atoms with Crippen molar-refractivity contribution in [2.24, 2.45) is 0 Å². The number of amides is 1. The average Bonchev–Trinajstić information content (AvgIpc) is 3.25. The number of aromatic nitrogens is 1. The van der Waals surface area contributed by atoms with Gasteiger partial charge >= 0.3 is 5.91 Å². The lowest BCUT2D eigenvalue weighted by Gasteiger charge is -2.24. The first kappa shape index (κ1) is 28.9. The van der Waals surface area contributed by atoms with E-state index in [9.17, 15) is 27.1 Å². The summed E-state index contributed by atoms with van der Waals surface area (Å²) in [5, 5.41) is 16.5. The zero-order chi connectivity index (χ0) is 27.0. The molecule has 13 heteroatoms. The monoisotopic (exact) mass is 648 g/mol. The lowest BCUT2D eigenvalue weighted by atomic mass is 10.0. The molecular weight excluding hydrogens is 621 g/mol. The van der Waals surface area contributed by atoms with Gasteiger partial charge in [-0.2, -0.15) is 4.98 Å². The van der Waals surface area contributed by atoms with Gasteiger partial charge in [0.25, 0.3) is 5.89 Å². The molecule has 2 aromatic carbocycles. The van der Waals surface area contributed by atoms with Crippen LogP contribution in [0.4, 0.5) is 14.6 Å². The molecule has 0 fully saturated rings. The Kier molecular flexibility index (Phi) is 10.4. The molecule has 2 atom stereocenters. The van der Waals surface area contributed by atoms with Crippen molar-refractivity contribution in [3.63, 3.8) is 0 Å². The van der Waals surface area contributed by atoms with Gasteiger partial charge in [-0.25, -0.2) is 17.2 Å². The number of nitrogens with one attached hydrogen (secondary N) is 3. The van der Waals surface area contributed by atoms with Gasteiger partial charge in [0.2, 0.25) is 10.0 Å². The molecule has 0 aliphatic carbocycles. The molecule has 200 valence electrons. The maximum absolute atomic E-state index is 13.7. The maximum atomic E-state index is 13.7. The van der Waals surface area contributed by atoms with Crippen molar-refractivity contribution in [2.75, 3.05) is 17.0 Å². The van der Waals surface area contributed by atoms with E-state index in [-0.39, 0.29) is 30.1 Å². The Morgan fingerprint density at radius 1 is 1.16 bits per heavy atom. The van der Waals surface area contributed by atoms with Crippen LogP contribution in [0.5, 0.6) is 0 Å². The molecule has 0 saturated heterocycles. The minimum Gasteiger partial charge on any atom is -0.439 e. The highest BCUT2D eigenvalue weighted by molar-refractivity contribution is 14.1. The van der Waals surface area contributed by atoms with Crippen molar-refractivity contribution in [1.29, 1.82) is 0 Å². The van der Waals surface area contributed by atoms with Crippen molar-refractivity contribution in [1.82, 2.24) is 15.6 Å².